The largest absolute Gasteiger partial charge is 0.443 e. The Bertz CT molecular complexity index is 360. The molecule has 1 aromatic heterocycles. The first-order chi connectivity index (χ1) is 7.88. The minimum Gasteiger partial charge on any atom is -0.443 e. The van der Waals surface area contributed by atoms with Gasteiger partial charge in [-0.05, 0) is 39.3 Å². The first-order valence-electron chi connectivity index (χ1n) is 5.53. The number of rotatable bonds is 3. The Hall–Kier alpha value is -1.62. The molecule has 1 rings (SSSR count). The third kappa shape index (κ3) is 5.31. The molecule has 0 radical (unpaired) electrons. The molecule has 17 heavy (non-hydrogen) atoms. The summed E-state index contributed by atoms with van der Waals surface area (Å²) in [5.41, 5.74) is 5.85. The van der Waals surface area contributed by atoms with Crippen molar-refractivity contribution >= 4 is 6.09 Å². The van der Waals surface area contributed by atoms with E-state index in [0.29, 0.717) is 0 Å². The Morgan fingerprint density at radius 3 is 2.71 bits per heavy atom. The highest BCUT2D eigenvalue weighted by Gasteiger charge is 2.16. The molecular formula is C12H19N3O2. The van der Waals surface area contributed by atoms with Crippen LogP contribution in [-0.2, 0) is 4.74 Å². The zero-order chi connectivity index (χ0) is 12.9. The van der Waals surface area contributed by atoms with Gasteiger partial charge in [0.15, 0.2) is 0 Å². The van der Waals surface area contributed by atoms with Gasteiger partial charge in [-0.15, -0.1) is 0 Å². The van der Waals surface area contributed by atoms with Crippen molar-refractivity contribution < 1.29 is 9.53 Å². The molecule has 0 saturated carbocycles. The lowest BCUT2D eigenvalue weighted by molar-refractivity contribution is 0.0489. The highest BCUT2D eigenvalue weighted by atomic mass is 16.6. The van der Waals surface area contributed by atoms with Crippen LogP contribution in [0.25, 0.3) is 0 Å². The molecule has 0 aromatic carbocycles. The smallest absolute Gasteiger partial charge is 0.422 e. The number of hydrogen-bond acceptors (Lipinski definition) is 4. The maximum Gasteiger partial charge on any atom is 0.422 e. The summed E-state index contributed by atoms with van der Waals surface area (Å²) in [6.07, 6.45) is 2.96. The van der Waals surface area contributed by atoms with Crippen molar-refractivity contribution in [2.75, 3.05) is 0 Å². The summed E-state index contributed by atoms with van der Waals surface area (Å²) in [5.74, 6) is 0. The molecule has 0 saturated heterocycles. The van der Waals surface area contributed by atoms with E-state index < -0.39 is 11.7 Å². The van der Waals surface area contributed by atoms with Crippen molar-refractivity contribution in [3.63, 3.8) is 0 Å². The molecule has 1 heterocycles. The van der Waals surface area contributed by atoms with Crippen molar-refractivity contribution in [3.05, 3.63) is 30.1 Å². The number of nitrogens with one attached hydrogen (secondary N) is 2. The van der Waals surface area contributed by atoms with Gasteiger partial charge in [0, 0.05) is 18.4 Å². The van der Waals surface area contributed by atoms with Crippen molar-refractivity contribution in [2.24, 2.45) is 0 Å². The van der Waals surface area contributed by atoms with Gasteiger partial charge in [0.25, 0.3) is 0 Å². The molecule has 1 amide bonds. The molecule has 1 atom stereocenters. The molecule has 0 fully saturated rings. The van der Waals surface area contributed by atoms with Crippen LogP contribution in [0.3, 0.4) is 0 Å². The van der Waals surface area contributed by atoms with Gasteiger partial charge in [0.05, 0.1) is 0 Å². The molecular weight excluding hydrogens is 218 g/mol. The molecule has 0 aliphatic heterocycles. The first-order valence-corrected chi connectivity index (χ1v) is 5.53. The van der Waals surface area contributed by atoms with E-state index in [1.807, 2.05) is 39.8 Å². The molecule has 0 aliphatic carbocycles. The second-order valence-corrected chi connectivity index (χ2v) is 4.78. The lowest BCUT2D eigenvalue weighted by Gasteiger charge is -2.21. The van der Waals surface area contributed by atoms with E-state index in [0.717, 1.165) is 5.56 Å². The van der Waals surface area contributed by atoms with Gasteiger partial charge in [-0.1, -0.05) is 6.07 Å². The van der Waals surface area contributed by atoms with Gasteiger partial charge in [-0.25, -0.2) is 10.2 Å². The van der Waals surface area contributed by atoms with Crippen LogP contribution in [0.2, 0.25) is 0 Å². The van der Waals surface area contributed by atoms with Crippen LogP contribution in [0.4, 0.5) is 4.79 Å². The minimum absolute atomic E-state index is 0.0313. The van der Waals surface area contributed by atoms with Gasteiger partial charge in [0.1, 0.15) is 5.60 Å². The molecule has 0 aliphatic rings. The van der Waals surface area contributed by atoms with Crippen molar-refractivity contribution in [1.82, 2.24) is 15.8 Å². The van der Waals surface area contributed by atoms with Crippen LogP contribution in [-0.4, -0.2) is 16.7 Å². The van der Waals surface area contributed by atoms with Gasteiger partial charge in [-0.2, -0.15) is 0 Å². The molecule has 0 bridgehead atoms. The van der Waals surface area contributed by atoms with Crippen molar-refractivity contribution in [2.45, 2.75) is 39.3 Å². The standard InChI is InChI=1S/C12H19N3O2/c1-9(10-6-5-7-13-8-10)14-15-11(16)17-12(2,3)4/h5-9,14H,1-4H3,(H,15,16). The fourth-order valence-corrected chi connectivity index (χ4v) is 1.19. The quantitative estimate of drug-likeness (QED) is 0.791. The maximum absolute atomic E-state index is 11.4. The highest BCUT2D eigenvalue weighted by Crippen LogP contribution is 2.09. The summed E-state index contributed by atoms with van der Waals surface area (Å²) >= 11 is 0. The number of aromatic nitrogens is 1. The minimum atomic E-state index is -0.497. The summed E-state index contributed by atoms with van der Waals surface area (Å²) in [4.78, 5) is 15.4. The molecule has 94 valence electrons. The normalized spacial score (nSPS) is 12.9. The Morgan fingerprint density at radius 2 is 2.18 bits per heavy atom. The number of hydrazine groups is 1. The number of amides is 1. The summed E-state index contributed by atoms with van der Waals surface area (Å²) in [7, 11) is 0. The van der Waals surface area contributed by atoms with Gasteiger partial charge in [0.2, 0.25) is 0 Å². The Balaban J connectivity index is 2.39. The molecule has 5 heteroatoms. The van der Waals surface area contributed by atoms with Crippen molar-refractivity contribution in [3.8, 4) is 0 Å². The van der Waals surface area contributed by atoms with Gasteiger partial charge < -0.3 is 4.74 Å². The van der Waals surface area contributed by atoms with Gasteiger partial charge in [-0.3, -0.25) is 10.4 Å². The zero-order valence-corrected chi connectivity index (χ0v) is 10.7. The average molecular weight is 237 g/mol. The Kier molecular flexibility index (Phi) is 4.45. The number of carbonyl (C=O) groups is 1. The third-order valence-electron chi connectivity index (χ3n) is 1.97. The monoisotopic (exact) mass is 237 g/mol. The van der Waals surface area contributed by atoms with Crippen LogP contribution < -0.4 is 10.9 Å². The van der Waals surface area contributed by atoms with Crippen LogP contribution in [0, 0.1) is 0 Å². The number of ether oxygens (including phenoxy) is 1. The van der Waals surface area contributed by atoms with E-state index >= 15 is 0 Å². The highest BCUT2D eigenvalue weighted by molar-refractivity contribution is 5.67. The zero-order valence-electron chi connectivity index (χ0n) is 10.7. The molecule has 5 nitrogen and oxygen atoms in total. The number of hydrogen-bond donors (Lipinski definition) is 2. The SMILES string of the molecule is CC(NNC(=O)OC(C)(C)C)c1cccnc1. The van der Waals surface area contributed by atoms with E-state index in [4.69, 9.17) is 4.74 Å². The lowest BCUT2D eigenvalue weighted by atomic mass is 10.2. The third-order valence-corrected chi connectivity index (χ3v) is 1.97. The van der Waals surface area contributed by atoms with E-state index in [-0.39, 0.29) is 6.04 Å². The summed E-state index contributed by atoms with van der Waals surface area (Å²) in [5, 5.41) is 0. The summed E-state index contributed by atoms with van der Waals surface area (Å²) in [6.45, 7) is 7.37. The fraction of sp³-hybridized carbons (Fsp3) is 0.500. The predicted octanol–water partition coefficient (Wildman–Crippen LogP) is 2.17. The van der Waals surface area contributed by atoms with Crippen LogP contribution in [0.5, 0.6) is 0 Å². The van der Waals surface area contributed by atoms with E-state index in [1.165, 1.54) is 0 Å². The first kappa shape index (κ1) is 13.4. The van der Waals surface area contributed by atoms with Crippen LogP contribution in [0.15, 0.2) is 24.5 Å². The van der Waals surface area contributed by atoms with E-state index in [9.17, 15) is 4.79 Å². The van der Waals surface area contributed by atoms with Crippen LogP contribution in [0.1, 0.15) is 39.3 Å². The summed E-state index contributed by atoms with van der Waals surface area (Å²) < 4.78 is 5.10. The number of nitrogens with zero attached hydrogens (tertiary/aromatic N) is 1. The van der Waals surface area contributed by atoms with Crippen LogP contribution >= 0.6 is 0 Å². The predicted molar refractivity (Wildman–Crippen MR) is 65.2 cm³/mol. The lowest BCUT2D eigenvalue weighted by Crippen LogP contribution is -2.42. The maximum atomic E-state index is 11.4. The Labute approximate surface area is 102 Å². The van der Waals surface area contributed by atoms with E-state index in [2.05, 4.69) is 15.8 Å². The average Bonchev–Trinajstić information content (AvgIpc) is 2.25. The molecule has 1 unspecified atom stereocenters. The molecule has 1 aromatic rings. The fourth-order valence-electron chi connectivity index (χ4n) is 1.19. The number of pyridine rings is 1. The Morgan fingerprint density at radius 1 is 1.47 bits per heavy atom. The molecule has 2 N–H and O–H groups in total. The topological polar surface area (TPSA) is 63.2 Å². The van der Waals surface area contributed by atoms with Gasteiger partial charge >= 0.3 is 6.09 Å². The van der Waals surface area contributed by atoms with E-state index in [1.54, 1.807) is 12.4 Å². The molecule has 0 spiro atoms. The number of carbonyl (C=O) groups excluding carboxylic acids is 1. The summed E-state index contributed by atoms with van der Waals surface area (Å²) in [6, 6.07) is 3.75. The second kappa shape index (κ2) is 5.63. The van der Waals surface area contributed by atoms with Crippen molar-refractivity contribution in [1.29, 1.82) is 0 Å². The second-order valence-electron chi connectivity index (χ2n) is 4.78.